The van der Waals surface area contributed by atoms with E-state index in [1.165, 1.54) is 28.6 Å². The van der Waals surface area contributed by atoms with E-state index in [4.69, 9.17) is 0 Å². The van der Waals surface area contributed by atoms with Crippen molar-refractivity contribution < 1.29 is 22.0 Å². The summed E-state index contributed by atoms with van der Waals surface area (Å²) >= 11 is 0. The summed E-state index contributed by atoms with van der Waals surface area (Å²) in [5, 5.41) is 3.54. The highest BCUT2D eigenvalue weighted by atomic mass is 32.2. The van der Waals surface area contributed by atoms with Crippen LogP contribution in [-0.2, 0) is 21.4 Å². The van der Waals surface area contributed by atoms with Crippen molar-refractivity contribution in [1.29, 1.82) is 0 Å². The molecule has 2 atom stereocenters. The zero-order valence-electron chi connectivity index (χ0n) is 18.8. The van der Waals surface area contributed by atoms with Crippen molar-refractivity contribution in [1.82, 2.24) is 14.5 Å². The van der Waals surface area contributed by atoms with Gasteiger partial charge in [-0.05, 0) is 60.7 Å². The highest BCUT2D eigenvalue weighted by molar-refractivity contribution is 7.89. The topological polar surface area (TPSA) is 69.7 Å². The van der Waals surface area contributed by atoms with Gasteiger partial charge in [0.1, 0.15) is 11.6 Å². The summed E-state index contributed by atoms with van der Waals surface area (Å²) in [7, 11) is -3.76. The number of amides is 1. The van der Waals surface area contributed by atoms with Crippen LogP contribution in [0.2, 0.25) is 0 Å². The van der Waals surface area contributed by atoms with Gasteiger partial charge < -0.3 is 4.90 Å². The first-order valence-corrected chi connectivity index (χ1v) is 12.7. The predicted octanol–water partition coefficient (Wildman–Crippen LogP) is 3.49. The Balaban J connectivity index is 1.57. The Labute approximate surface area is 193 Å². The van der Waals surface area contributed by atoms with Crippen molar-refractivity contribution in [3.63, 3.8) is 0 Å². The molecule has 2 aliphatic heterocycles. The second-order valence-corrected chi connectivity index (χ2v) is 10.9. The molecule has 1 amide bonds. The van der Waals surface area contributed by atoms with Gasteiger partial charge in [-0.1, -0.05) is 32.4 Å². The first-order valence-electron chi connectivity index (χ1n) is 11.3. The lowest BCUT2D eigenvalue weighted by Gasteiger charge is -2.44. The summed E-state index contributed by atoms with van der Waals surface area (Å²) in [6, 6.07) is 10.5. The number of halogens is 2. The summed E-state index contributed by atoms with van der Waals surface area (Å²) in [5.41, 5.74) is 0.145. The fourth-order valence-electron chi connectivity index (χ4n) is 4.70. The molecule has 0 bridgehead atoms. The molecule has 0 radical (unpaired) electrons. The lowest BCUT2D eigenvalue weighted by molar-refractivity contribution is -0.134. The minimum Gasteiger partial charge on any atom is -0.319 e. The van der Waals surface area contributed by atoms with E-state index >= 15 is 0 Å². The third-order valence-corrected chi connectivity index (χ3v) is 8.85. The van der Waals surface area contributed by atoms with Gasteiger partial charge in [0.15, 0.2) is 0 Å². The van der Waals surface area contributed by atoms with Gasteiger partial charge in [-0.2, -0.15) is 4.31 Å². The largest absolute Gasteiger partial charge is 0.319 e. The van der Waals surface area contributed by atoms with Crippen LogP contribution in [0, 0.1) is 17.6 Å². The standard InChI is InChI=1S/C24H29F2N3O3S/c1-3-17(2)22-23(30)29(16-18-4-6-19(25)7-5-18)24(27-22)12-14-28(15-13-24)33(31,32)21-10-8-20(26)9-11-21/h4-11,17,22,27H,3,12-16H2,1-2H3/t17-,22+/m1/s1. The first-order chi connectivity index (χ1) is 15.7. The number of hydrogen-bond donors (Lipinski definition) is 1. The van der Waals surface area contributed by atoms with E-state index < -0.39 is 21.5 Å². The molecule has 9 heteroatoms. The van der Waals surface area contributed by atoms with E-state index in [0.717, 1.165) is 24.1 Å². The molecule has 2 aromatic carbocycles. The second kappa shape index (κ2) is 9.12. The summed E-state index contributed by atoms with van der Waals surface area (Å²) in [5.74, 6) is -0.721. The van der Waals surface area contributed by atoms with E-state index in [1.807, 2.05) is 13.8 Å². The molecule has 1 N–H and O–H groups in total. The number of hydrogen-bond acceptors (Lipinski definition) is 4. The van der Waals surface area contributed by atoms with E-state index in [1.54, 1.807) is 17.0 Å². The minimum absolute atomic E-state index is 0.0106. The molecule has 6 nitrogen and oxygen atoms in total. The van der Waals surface area contributed by atoms with Gasteiger partial charge in [0.2, 0.25) is 15.9 Å². The van der Waals surface area contributed by atoms with Gasteiger partial charge >= 0.3 is 0 Å². The quantitative estimate of drug-likeness (QED) is 0.692. The molecule has 0 aromatic heterocycles. The van der Waals surface area contributed by atoms with Crippen molar-refractivity contribution in [3.05, 3.63) is 65.7 Å². The third-order valence-electron chi connectivity index (χ3n) is 6.94. The molecule has 0 unspecified atom stereocenters. The van der Waals surface area contributed by atoms with Gasteiger partial charge in [-0.15, -0.1) is 0 Å². The van der Waals surface area contributed by atoms with E-state index in [0.29, 0.717) is 19.4 Å². The number of benzene rings is 2. The van der Waals surface area contributed by atoms with Gasteiger partial charge in [0.25, 0.3) is 0 Å². The third kappa shape index (κ3) is 4.54. The first kappa shape index (κ1) is 23.8. The van der Waals surface area contributed by atoms with Crippen LogP contribution in [-0.4, -0.2) is 48.3 Å². The molecule has 2 aliphatic rings. The predicted molar refractivity (Wildman–Crippen MR) is 120 cm³/mol. The molecule has 0 aliphatic carbocycles. The maximum atomic E-state index is 13.4. The molecule has 2 fully saturated rings. The summed E-state index contributed by atoms with van der Waals surface area (Å²) in [6.45, 7) is 4.84. The van der Waals surface area contributed by atoms with Crippen LogP contribution in [0.25, 0.3) is 0 Å². The zero-order valence-corrected chi connectivity index (χ0v) is 19.6. The number of nitrogens with one attached hydrogen (secondary N) is 1. The number of sulfonamides is 1. The number of carbonyl (C=O) groups excluding carboxylic acids is 1. The molecular formula is C24H29F2N3O3S. The van der Waals surface area contributed by atoms with Crippen molar-refractivity contribution in [2.45, 2.75) is 56.3 Å². The zero-order chi connectivity index (χ0) is 23.8. The lowest BCUT2D eigenvalue weighted by Crippen LogP contribution is -2.59. The fraction of sp³-hybridized carbons (Fsp3) is 0.458. The molecule has 0 saturated carbocycles. The Morgan fingerprint density at radius 3 is 2.12 bits per heavy atom. The number of piperidine rings is 1. The fourth-order valence-corrected chi connectivity index (χ4v) is 6.14. The van der Waals surface area contributed by atoms with Crippen LogP contribution in [0.3, 0.4) is 0 Å². The lowest BCUT2D eigenvalue weighted by atomic mass is 9.96. The molecule has 2 aromatic rings. The minimum atomic E-state index is -3.76. The van der Waals surface area contributed by atoms with Gasteiger partial charge in [-0.3, -0.25) is 10.1 Å². The molecule has 33 heavy (non-hydrogen) atoms. The highest BCUT2D eigenvalue weighted by Gasteiger charge is 2.53. The van der Waals surface area contributed by atoms with Crippen LogP contribution in [0.1, 0.15) is 38.7 Å². The Kier molecular flexibility index (Phi) is 6.57. The van der Waals surface area contributed by atoms with Gasteiger partial charge in [0, 0.05) is 19.6 Å². The van der Waals surface area contributed by atoms with Gasteiger partial charge in [-0.25, -0.2) is 17.2 Å². The van der Waals surface area contributed by atoms with E-state index in [9.17, 15) is 22.0 Å². The molecule has 4 rings (SSSR count). The Morgan fingerprint density at radius 1 is 1.03 bits per heavy atom. The summed E-state index contributed by atoms with van der Waals surface area (Å²) in [4.78, 5) is 15.3. The average molecular weight is 478 g/mol. The Morgan fingerprint density at radius 2 is 1.58 bits per heavy atom. The molecule has 2 heterocycles. The van der Waals surface area contributed by atoms with Crippen molar-refractivity contribution in [2.75, 3.05) is 13.1 Å². The average Bonchev–Trinajstić information content (AvgIpc) is 3.06. The molecule has 178 valence electrons. The molecule has 1 spiro atoms. The Bertz CT molecular complexity index is 1100. The molecular weight excluding hydrogens is 448 g/mol. The van der Waals surface area contributed by atoms with Crippen LogP contribution in [0.15, 0.2) is 53.4 Å². The van der Waals surface area contributed by atoms with Crippen molar-refractivity contribution in [3.8, 4) is 0 Å². The van der Waals surface area contributed by atoms with Crippen LogP contribution in [0.4, 0.5) is 8.78 Å². The summed E-state index contributed by atoms with van der Waals surface area (Å²) < 4.78 is 54.1. The smallest absolute Gasteiger partial charge is 0.243 e. The molecule has 2 saturated heterocycles. The number of rotatable bonds is 6. The Hall–Kier alpha value is -2.36. The van der Waals surface area contributed by atoms with Crippen molar-refractivity contribution in [2.24, 2.45) is 5.92 Å². The number of nitrogens with zero attached hydrogens (tertiary/aromatic N) is 2. The monoisotopic (exact) mass is 477 g/mol. The summed E-state index contributed by atoms with van der Waals surface area (Å²) in [6.07, 6.45) is 1.68. The maximum Gasteiger partial charge on any atom is 0.243 e. The SMILES string of the molecule is CC[C@@H](C)[C@@H]1NC2(CCN(S(=O)(=O)c3ccc(F)cc3)CC2)N(Cc2ccc(F)cc2)C1=O. The van der Waals surface area contributed by atoms with Crippen LogP contribution in [0.5, 0.6) is 0 Å². The second-order valence-electron chi connectivity index (χ2n) is 8.95. The van der Waals surface area contributed by atoms with Crippen LogP contribution >= 0.6 is 0 Å². The van der Waals surface area contributed by atoms with E-state index in [-0.39, 0.29) is 41.7 Å². The number of carbonyl (C=O) groups is 1. The van der Waals surface area contributed by atoms with Crippen LogP contribution < -0.4 is 5.32 Å². The van der Waals surface area contributed by atoms with E-state index in [2.05, 4.69) is 5.32 Å². The highest BCUT2D eigenvalue weighted by Crippen LogP contribution is 2.37. The normalized spacial score (nSPS) is 22.1. The maximum absolute atomic E-state index is 13.4. The van der Waals surface area contributed by atoms with Crippen molar-refractivity contribution >= 4 is 15.9 Å². The van der Waals surface area contributed by atoms with Gasteiger partial charge in [0.05, 0.1) is 16.6 Å².